The topological polar surface area (TPSA) is 100 Å². The standard InChI is InChI=1S/C21H26N6O2/c1-26(2)6-7-27(3)16-10-15(18-19(25-12-24-18)17(16)20(22)28)14-9-13-5-4-8-29-21(13)23-11-14/h9-12H,4-8H2,1-3H3,(H2,22,28)(H,24,25). The smallest absolute Gasteiger partial charge is 0.253 e. The van der Waals surface area contributed by atoms with Gasteiger partial charge in [-0.1, -0.05) is 0 Å². The molecule has 1 aliphatic rings. The Morgan fingerprint density at radius 1 is 1.24 bits per heavy atom. The van der Waals surface area contributed by atoms with Crippen LogP contribution in [0.1, 0.15) is 22.3 Å². The number of imidazole rings is 1. The summed E-state index contributed by atoms with van der Waals surface area (Å²) < 4.78 is 5.65. The monoisotopic (exact) mass is 394 g/mol. The predicted octanol–water partition coefficient (Wildman–Crippen LogP) is 2.05. The van der Waals surface area contributed by atoms with Gasteiger partial charge in [0.1, 0.15) is 0 Å². The van der Waals surface area contributed by atoms with Crippen LogP contribution in [-0.4, -0.2) is 66.6 Å². The summed E-state index contributed by atoms with van der Waals surface area (Å²) in [6, 6.07) is 4.10. The van der Waals surface area contributed by atoms with Crippen LogP contribution in [0.5, 0.6) is 5.88 Å². The van der Waals surface area contributed by atoms with Crippen LogP contribution in [0.4, 0.5) is 5.69 Å². The van der Waals surface area contributed by atoms with Gasteiger partial charge in [0, 0.05) is 43.0 Å². The molecule has 8 heteroatoms. The minimum Gasteiger partial charge on any atom is -0.477 e. The van der Waals surface area contributed by atoms with E-state index in [1.165, 1.54) is 0 Å². The summed E-state index contributed by atoms with van der Waals surface area (Å²) in [4.78, 5) is 28.6. The van der Waals surface area contributed by atoms with Crippen molar-refractivity contribution in [1.29, 1.82) is 0 Å². The number of nitrogens with zero attached hydrogens (tertiary/aromatic N) is 4. The Kier molecular flexibility index (Phi) is 5.10. The van der Waals surface area contributed by atoms with Gasteiger partial charge in [-0.2, -0.15) is 0 Å². The van der Waals surface area contributed by atoms with Gasteiger partial charge in [0.25, 0.3) is 5.91 Å². The first-order valence-corrected chi connectivity index (χ1v) is 9.73. The number of pyridine rings is 1. The number of likely N-dealkylation sites (N-methyl/N-ethyl adjacent to an activating group) is 2. The van der Waals surface area contributed by atoms with E-state index in [0.717, 1.165) is 48.3 Å². The first kappa shape index (κ1) is 19.2. The lowest BCUT2D eigenvalue weighted by molar-refractivity contribution is 0.100. The number of ether oxygens (including phenoxy) is 1. The maximum atomic E-state index is 12.3. The molecule has 3 aromatic rings. The molecule has 1 amide bonds. The minimum absolute atomic E-state index is 0.455. The molecule has 0 aliphatic carbocycles. The third-order valence-electron chi connectivity index (χ3n) is 5.29. The maximum absolute atomic E-state index is 12.3. The molecule has 0 fully saturated rings. The number of primary amides is 1. The van der Waals surface area contributed by atoms with Gasteiger partial charge < -0.3 is 25.3 Å². The number of nitrogens with one attached hydrogen (secondary N) is 1. The Balaban J connectivity index is 1.87. The van der Waals surface area contributed by atoms with Crippen LogP contribution in [0.25, 0.3) is 22.2 Å². The van der Waals surface area contributed by atoms with E-state index in [1.54, 1.807) is 12.5 Å². The van der Waals surface area contributed by atoms with Crippen LogP contribution >= 0.6 is 0 Å². The minimum atomic E-state index is -0.477. The Hall–Kier alpha value is -3.13. The summed E-state index contributed by atoms with van der Waals surface area (Å²) in [6.45, 7) is 2.31. The Morgan fingerprint density at radius 2 is 2.07 bits per heavy atom. The van der Waals surface area contributed by atoms with Gasteiger partial charge >= 0.3 is 0 Å². The van der Waals surface area contributed by atoms with Gasteiger partial charge in [0.05, 0.1) is 35.2 Å². The highest BCUT2D eigenvalue weighted by Gasteiger charge is 2.22. The van der Waals surface area contributed by atoms with Gasteiger partial charge in [-0.05, 0) is 39.1 Å². The van der Waals surface area contributed by atoms with Gasteiger partial charge in [-0.25, -0.2) is 9.97 Å². The van der Waals surface area contributed by atoms with E-state index in [-0.39, 0.29) is 0 Å². The Bertz CT molecular complexity index is 1060. The van der Waals surface area contributed by atoms with E-state index in [1.807, 2.05) is 27.2 Å². The molecule has 152 valence electrons. The lowest BCUT2D eigenvalue weighted by atomic mass is 9.97. The lowest BCUT2D eigenvalue weighted by Crippen LogP contribution is -2.30. The SMILES string of the molecule is CN(C)CCN(C)c1cc(-c2cnc3c(c2)CCCO3)c2nc[nH]c2c1C(N)=O. The molecular weight excluding hydrogens is 368 g/mol. The lowest BCUT2D eigenvalue weighted by Gasteiger charge is -2.25. The van der Waals surface area contributed by atoms with E-state index in [9.17, 15) is 4.79 Å². The second-order valence-electron chi connectivity index (χ2n) is 7.67. The fraction of sp³-hybridized carbons (Fsp3) is 0.381. The van der Waals surface area contributed by atoms with Crippen molar-refractivity contribution < 1.29 is 9.53 Å². The number of aromatic amines is 1. The van der Waals surface area contributed by atoms with Gasteiger partial charge in [0.15, 0.2) is 0 Å². The molecule has 2 aromatic heterocycles. The van der Waals surface area contributed by atoms with Crippen LogP contribution in [0.2, 0.25) is 0 Å². The molecule has 3 N–H and O–H groups in total. The van der Waals surface area contributed by atoms with Crippen LogP contribution in [-0.2, 0) is 6.42 Å². The predicted molar refractivity (Wildman–Crippen MR) is 113 cm³/mol. The number of aryl methyl sites for hydroxylation is 1. The number of amides is 1. The zero-order valence-electron chi connectivity index (χ0n) is 17.0. The highest BCUT2D eigenvalue weighted by atomic mass is 16.5. The molecule has 0 saturated heterocycles. The largest absolute Gasteiger partial charge is 0.477 e. The molecule has 0 saturated carbocycles. The van der Waals surface area contributed by atoms with E-state index in [0.29, 0.717) is 29.1 Å². The molecule has 0 atom stereocenters. The van der Waals surface area contributed by atoms with Crippen LogP contribution < -0.4 is 15.4 Å². The number of hydrogen-bond acceptors (Lipinski definition) is 6. The van der Waals surface area contributed by atoms with Gasteiger partial charge in [-0.15, -0.1) is 0 Å². The summed E-state index contributed by atoms with van der Waals surface area (Å²) in [5, 5.41) is 0. The van der Waals surface area contributed by atoms with Crippen LogP contribution in [0.3, 0.4) is 0 Å². The molecule has 1 aromatic carbocycles. The van der Waals surface area contributed by atoms with Crippen molar-refractivity contribution in [2.45, 2.75) is 12.8 Å². The Labute approximate surface area is 169 Å². The number of carbonyl (C=O) groups excluding carboxylic acids is 1. The number of anilines is 1. The molecular formula is C21H26N6O2. The van der Waals surface area contributed by atoms with E-state index in [4.69, 9.17) is 10.5 Å². The molecule has 29 heavy (non-hydrogen) atoms. The quantitative estimate of drug-likeness (QED) is 0.664. The maximum Gasteiger partial charge on any atom is 0.253 e. The number of aromatic nitrogens is 3. The van der Waals surface area contributed by atoms with E-state index in [2.05, 4.69) is 30.8 Å². The molecule has 0 spiro atoms. The highest BCUT2D eigenvalue weighted by molar-refractivity contribution is 6.12. The van der Waals surface area contributed by atoms with E-state index < -0.39 is 5.91 Å². The fourth-order valence-electron chi connectivity index (χ4n) is 3.72. The zero-order chi connectivity index (χ0) is 20.5. The number of carbonyl (C=O) groups is 1. The molecule has 8 nitrogen and oxygen atoms in total. The number of nitrogens with two attached hydrogens (primary N) is 1. The van der Waals surface area contributed by atoms with Crippen molar-refractivity contribution in [3.8, 4) is 17.0 Å². The van der Waals surface area contributed by atoms with Crippen molar-refractivity contribution in [1.82, 2.24) is 19.9 Å². The summed E-state index contributed by atoms with van der Waals surface area (Å²) in [5.74, 6) is 0.227. The molecule has 0 radical (unpaired) electrons. The van der Waals surface area contributed by atoms with Crippen molar-refractivity contribution >= 4 is 22.6 Å². The summed E-state index contributed by atoms with van der Waals surface area (Å²) in [6.07, 6.45) is 5.32. The average Bonchev–Trinajstić information content (AvgIpc) is 3.19. The third-order valence-corrected chi connectivity index (χ3v) is 5.29. The highest BCUT2D eigenvalue weighted by Crippen LogP contribution is 2.37. The van der Waals surface area contributed by atoms with Crippen molar-refractivity contribution in [2.24, 2.45) is 5.73 Å². The summed E-state index contributed by atoms with van der Waals surface area (Å²) >= 11 is 0. The van der Waals surface area contributed by atoms with Gasteiger partial charge in [-0.3, -0.25) is 4.79 Å². The van der Waals surface area contributed by atoms with Crippen LogP contribution in [0, 0.1) is 0 Å². The first-order valence-electron chi connectivity index (χ1n) is 9.73. The second-order valence-corrected chi connectivity index (χ2v) is 7.67. The van der Waals surface area contributed by atoms with E-state index >= 15 is 0 Å². The molecule has 3 heterocycles. The van der Waals surface area contributed by atoms with Crippen LogP contribution in [0.15, 0.2) is 24.7 Å². The summed E-state index contributed by atoms with van der Waals surface area (Å²) in [7, 11) is 6.01. The number of fused-ring (bicyclic) bond motifs is 2. The fourth-order valence-corrected chi connectivity index (χ4v) is 3.72. The Morgan fingerprint density at radius 3 is 2.83 bits per heavy atom. The normalized spacial score (nSPS) is 13.4. The van der Waals surface area contributed by atoms with Crippen molar-refractivity contribution in [3.63, 3.8) is 0 Å². The van der Waals surface area contributed by atoms with Crippen molar-refractivity contribution in [2.75, 3.05) is 45.7 Å². The summed E-state index contributed by atoms with van der Waals surface area (Å²) in [5.41, 5.74) is 11.3. The molecule has 0 unspecified atom stereocenters. The third kappa shape index (κ3) is 3.63. The van der Waals surface area contributed by atoms with Crippen molar-refractivity contribution in [3.05, 3.63) is 35.8 Å². The molecule has 1 aliphatic heterocycles. The number of hydrogen-bond donors (Lipinski definition) is 2. The molecule has 4 rings (SSSR count). The first-order chi connectivity index (χ1) is 14.0. The average molecular weight is 394 g/mol. The second kappa shape index (κ2) is 7.71. The zero-order valence-corrected chi connectivity index (χ0v) is 17.0. The molecule has 0 bridgehead atoms. The number of benzene rings is 1. The number of rotatable bonds is 6. The van der Waals surface area contributed by atoms with Gasteiger partial charge in [0.2, 0.25) is 5.88 Å². The number of H-pyrrole nitrogens is 1.